The zero-order chi connectivity index (χ0) is 23.0. The molecule has 0 saturated carbocycles. The smallest absolute Gasteiger partial charge is 0.362 e. The standard InChI is InChI=1S/C23H25ClF3N3O/c1-3-16(2)29-14-20(10-11-31)30(19-9-8-17(13-28)22(24)12-19)15-18-6-4-5-7-21(18)23(25,26)27/h4-9,11-12,16,20,29H,3,10,14-15H2,1-2H3/t16?,20-/m0/s1. The summed E-state index contributed by atoms with van der Waals surface area (Å²) in [6.45, 7) is 4.35. The minimum absolute atomic E-state index is 0.0708. The fourth-order valence-electron chi connectivity index (χ4n) is 3.24. The summed E-state index contributed by atoms with van der Waals surface area (Å²) in [5.74, 6) is 0. The number of aldehydes is 1. The van der Waals surface area contributed by atoms with E-state index in [4.69, 9.17) is 16.9 Å². The monoisotopic (exact) mass is 451 g/mol. The Bertz CT molecular complexity index is 927. The van der Waals surface area contributed by atoms with Gasteiger partial charge in [-0.1, -0.05) is 36.7 Å². The summed E-state index contributed by atoms with van der Waals surface area (Å²) in [6.07, 6.45) is -2.75. The first-order chi connectivity index (χ1) is 14.7. The van der Waals surface area contributed by atoms with Gasteiger partial charge in [-0.25, -0.2) is 0 Å². The molecule has 31 heavy (non-hydrogen) atoms. The van der Waals surface area contributed by atoms with E-state index in [0.717, 1.165) is 18.8 Å². The second-order valence-corrected chi connectivity index (χ2v) is 7.74. The summed E-state index contributed by atoms with van der Waals surface area (Å²) < 4.78 is 40.7. The molecule has 0 heterocycles. The van der Waals surface area contributed by atoms with E-state index in [1.807, 2.05) is 19.9 Å². The van der Waals surface area contributed by atoms with Gasteiger partial charge in [0.2, 0.25) is 0 Å². The summed E-state index contributed by atoms with van der Waals surface area (Å²) in [5.41, 5.74) is 0.180. The first-order valence-corrected chi connectivity index (χ1v) is 10.4. The average molecular weight is 452 g/mol. The van der Waals surface area contributed by atoms with Gasteiger partial charge in [0.25, 0.3) is 0 Å². The Morgan fingerprint density at radius 1 is 1.26 bits per heavy atom. The van der Waals surface area contributed by atoms with Crippen LogP contribution in [0.3, 0.4) is 0 Å². The van der Waals surface area contributed by atoms with E-state index in [2.05, 4.69) is 5.32 Å². The third-order valence-electron chi connectivity index (χ3n) is 5.19. The number of nitrogens with one attached hydrogen (secondary N) is 1. The second-order valence-electron chi connectivity index (χ2n) is 7.33. The third-order valence-corrected chi connectivity index (χ3v) is 5.50. The molecule has 8 heteroatoms. The molecule has 0 bridgehead atoms. The number of hydrogen-bond acceptors (Lipinski definition) is 4. The molecule has 2 atom stereocenters. The molecule has 2 aromatic rings. The topological polar surface area (TPSA) is 56.1 Å². The van der Waals surface area contributed by atoms with Gasteiger partial charge in [-0.05, 0) is 43.2 Å². The number of alkyl halides is 3. The van der Waals surface area contributed by atoms with E-state index < -0.39 is 17.8 Å². The van der Waals surface area contributed by atoms with Crippen LogP contribution in [0, 0.1) is 11.3 Å². The molecule has 1 N–H and O–H groups in total. The summed E-state index contributed by atoms with van der Waals surface area (Å²) in [5, 5.41) is 12.7. The van der Waals surface area contributed by atoms with E-state index in [9.17, 15) is 18.0 Å². The van der Waals surface area contributed by atoms with Crippen LogP contribution in [0.25, 0.3) is 0 Å². The van der Waals surface area contributed by atoms with Crippen LogP contribution in [-0.2, 0) is 17.5 Å². The van der Waals surface area contributed by atoms with Crippen molar-refractivity contribution in [2.75, 3.05) is 11.4 Å². The van der Waals surface area contributed by atoms with Crippen LogP contribution in [0.4, 0.5) is 18.9 Å². The van der Waals surface area contributed by atoms with Gasteiger partial charge in [0.1, 0.15) is 12.4 Å². The lowest BCUT2D eigenvalue weighted by Gasteiger charge is -2.35. The number of carbonyl (C=O) groups is 1. The third kappa shape index (κ3) is 6.71. The number of anilines is 1. The van der Waals surface area contributed by atoms with E-state index in [0.29, 0.717) is 12.2 Å². The summed E-state index contributed by atoms with van der Waals surface area (Å²) in [6, 6.07) is 11.9. The Morgan fingerprint density at radius 3 is 2.55 bits per heavy atom. The highest BCUT2D eigenvalue weighted by Gasteiger charge is 2.34. The van der Waals surface area contributed by atoms with Gasteiger partial charge in [-0.2, -0.15) is 18.4 Å². The molecule has 2 aromatic carbocycles. The van der Waals surface area contributed by atoms with Crippen LogP contribution < -0.4 is 10.2 Å². The Hall–Kier alpha value is -2.56. The Kier molecular flexibility index (Phi) is 8.90. The first-order valence-electron chi connectivity index (χ1n) is 9.99. The highest BCUT2D eigenvalue weighted by atomic mass is 35.5. The minimum Gasteiger partial charge on any atom is -0.362 e. The van der Waals surface area contributed by atoms with Crippen molar-refractivity contribution in [1.82, 2.24) is 5.32 Å². The quantitative estimate of drug-likeness (QED) is 0.479. The average Bonchev–Trinajstić information content (AvgIpc) is 2.74. The van der Waals surface area contributed by atoms with Gasteiger partial charge in [0.15, 0.2) is 0 Å². The maximum Gasteiger partial charge on any atom is 0.416 e. The van der Waals surface area contributed by atoms with E-state index in [1.54, 1.807) is 23.1 Å². The lowest BCUT2D eigenvalue weighted by Crippen LogP contribution is -2.45. The Morgan fingerprint density at radius 2 is 1.97 bits per heavy atom. The summed E-state index contributed by atoms with van der Waals surface area (Å²) in [7, 11) is 0. The molecule has 0 saturated heterocycles. The lowest BCUT2D eigenvalue weighted by molar-refractivity contribution is -0.138. The van der Waals surface area contributed by atoms with Crippen molar-refractivity contribution in [2.24, 2.45) is 0 Å². The first kappa shape index (κ1) is 24.7. The van der Waals surface area contributed by atoms with Crippen molar-refractivity contribution in [3.63, 3.8) is 0 Å². The highest BCUT2D eigenvalue weighted by molar-refractivity contribution is 6.32. The zero-order valence-electron chi connectivity index (χ0n) is 17.4. The number of hydrogen-bond donors (Lipinski definition) is 1. The van der Waals surface area contributed by atoms with E-state index >= 15 is 0 Å². The van der Waals surface area contributed by atoms with Crippen LogP contribution in [0.2, 0.25) is 5.02 Å². The van der Waals surface area contributed by atoms with Crippen LogP contribution in [0.15, 0.2) is 42.5 Å². The number of nitrogens with zero attached hydrogens (tertiary/aromatic N) is 2. The van der Waals surface area contributed by atoms with Crippen LogP contribution in [0.1, 0.15) is 43.4 Å². The predicted molar refractivity (Wildman–Crippen MR) is 116 cm³/mol. The summed E-state index contributed by atoms with van der Waals surface area (Å²) >= 11 is 6.20. The van der Waals surface area contributed by atoms with Gasteiger partial charge in [-0.15, -0.1) is 0 Å². The molecule has 166 valence electrons. The van der Waals surface area contributed by atoms with Gasteiger partial charge < -0.3 is 15.0 Å². The highest BCUT2D eigenvalue weighted by Crippen LogP contribution is 2.34. The fraction of sp³-hybridized carbons (Fsp3) is 0.391. The van der Waals surface area contributed by atoms with Crippen molar-refractivity contribution >= 4 is 23.6 Å². The molecular formula is C23H25ClF3N3O. The molecule has 0 aliphatic rings. The van der Waals surface area contributed by atoms with Gasteiger partial charge in [-0.3, -0.25) is 0 Å². The van der Waals surface area contributed by atoms with Crippen molar-refractivity contribution in [3.05, 3.63) is 64.2 Å². The lowest BCUT2D eigenvalue weighted by atomic mass is 10.0. The molecular weight excluding hydrogens is 427 g/mol. The summed E-state index contributed by atoms with van der Waals surface area (Å²) in [4.78, 5) is 13.1. The second kappa shape index (κ2) is 11.2. The number of benzene rings is 2. The molecule has 0 aliphatic heterocycles. The van der Waals surface area contributed by atoms with Crippen LogP contribution in [-0.4, -0.2) is 24.9 Å². The predicted octanol–water partition coefficient (Wildman–Crippen LogP) is 5.58. The van der Waals surface area contributed by atoms with Crippen molar-refractivity contribution in [2.45, 2.75) is 51.5 Å². The molecule has 0 aromatic heterocycles. The fourth-order valence-corrected chi connectivity index (χ4v) is 3.45. The van der Waals surface area contributed by atoms with Gasteiger partial charge >= 0.3 is 6.18 Å². The maximum atomic E-state index is 13.6. The van der Waals surface area contributed by atoms with Crippen molar-refractivity contribution in [3.8, 4) is 6.07 Å². The number of carbonyl (C=O) groups excluding carboxylic acids is 1. The zero-order valence-corrected chi connectivity index (χ0v) is 18.2. The minimum atomic E-state index is -4.50. The van der Waals surface area contributed by atoms with Gasteiger partial charge in [0, 0.05) is 37.3 Å². The molecule has 1 unspecified atom stereocenters. The molecule has 0 aliphatic carbocycles. The maximum absolute atomic E-state index is 13.6. The van der Waals surface area contributed by atoms with E-state index in [-0.39, 0.29) is 35.2 Å². The molecule has 0 spiro atoms. The molecule has 4 nitrogen and oxygen atoms in total. The number of rotatable bonds is 10. The molecule has 0 fully saturated rings. The van der Waals surface area contributed by atoms with Crippen LogP contribution >= 0.6 is 11.6 Å². The molecule has 0 amide bonds. The number of halogens is 4. The van der Waals surface area contributed by atoms with E-state index in [1.165, 1.54) is 18.2 Å². The van der Waals surface area contributed by atoms with Crippen molar-refractivity contribution < 1.29 is 18.0 Å². The Labute approximate surface area is 185 Å². The van der Waals surface area contributed by atoms with Crippen molar-refractivity contribution in [1.29, 1.82) is 5.26 Å². The molecule has 2 rings (SSSR count). The number of nitriles is 1. The molecule has 0 radical (unpaired) electrons. The van der Waals surface area contributed by atoms with Gasteiger partial charge in [0.05, 0.1) is 16.1 Å². The normalized spacial score (nSPS) is 13.3. The van der Waals surface area contributed by atoms with Crippen LogP contribution in [0.5, 0.6) is 0 Å². The largest absolute Gasteiger partial charge is 0.416 e. The Balaban J connectivity index is 2.50. The SMILES string of the molecule is CCC(C)NC[C@H](CC=O)N(Cc1ccccc1C(F)(F)F)c1ccc(C#N)c(Cl)c1.